The van der Waals surface area contributed by atoms with Gasteiger partial charge in [0.2, 0.25) is 0 Å². The predicted molar refractivity (Wildman–Crippen MR) is 102 cm³/mol. The molecule has 2 aromatic carbocycles. The van der Waals surface area contributed by atoms with Crippen molar-refractivity contribution >= 4 is 11.6 Å². The summed E-state index contributed by atoms with van der Waals surface area (Å²) in [7, 11) is 3.17. The van der Waals surface area contributed by atoms with Crippen LogP contribution in [0.1, 0.15) is 10.4 Å². The van der Waals surface area contributed by atoms with Crippen molar-refractivity contribution in [2.75, 3.05) is 32.8 Å². The van der Waals surface area contributed by atoms with Gasteiger partial charge < -0.3 is 19.5 Å². The number of benzene rings is 2. The molecule has 3 rings (SSSR count). The van der Waals surface area contributed by atoms with Gasteiger partial charge in [-0.1, -0.05) is 0 Å². The molecule has 0 unspecified atom stereocenters. The highest BCUT2D eigenvalue weighted by Crippen LogP contribution is 2.30. The number of carbonyl (C=O) groups is 1. The van der Waals surface area contributed by atoms with Gasteiger partial charge in [0.25, 0.3) is 5.91 Å². The molecule has 7 nitrogen and oxygen atoms in total. The minimum Gasteiger partial charge on any atom is -0.493 e. The molecule has 0 saturated heterocycles. The molecular formula is C20H21N3O4. The number of nitrogens with zero attached hydrogens (tertiary/aromatic N) is 2. The Labute approximate surface area is 157 Å². The lowest BCUT2D eigenvalue weighted by Gasteiger charge is -2.13. The Bertz CT molecular complexity index is 877. The first-order valence-corrected chi connectivity index (χ1v) is 8.42. The second-order valence-electron chi connectivity index (χ2n) is 5.66. The predicted octanol–water partition coefficient (Wildman–Crippen LogP) is 3.16. The molecule has 0 atom stereocenters. The summed E-state index contributed by atoms with van der Waals surface area (Å²) in [5.41, 5.74) is 2.04. The van der Waals surface area contributed by atoms with Gasteiger partial charge >= 0.3 is 0 Å². The highest BCUT2D eigenvalue weighted by atomic mass is 16.5. The van der Waals surface area contributed by atoms with Gasteiger partial charge in [0.15, 0.2) is 11.5 Å². The normalized spacial score (nSPS) is 10.4. The van der Waals surface area contributed by atoms with Crippen LogP contribution in [0.25, 0.3) is 5.69 Å². The van der Waals surface area contributed by atoms with Gasteiger partial charge in [0.1, 0.15) is 6.61 Å². The van der Waals surface area contributed by atoms with Crippen molar-refractivity contribution in [1.82, 2.24) is 9.78 Å². The third kappa shape index (κ3) is 4.65. The lowest BCUT2D eigenvalue weighted by atomic mass is 10.2. The highest BCUT2D eigenvalue weighted by Gasteiger charge is 2.10. The Kier molecular flexibility index (Phi) is 6.06. The number of amides is 1. The van der Waals surface area contributed by atoms with Crippen molar-refractivity contribution < 1.29 is 19.0 Å². The molecule has 0 bridgehead atoms. The van der Waals surface area contributed by atoms with E-state index in [0.717, 1.165) is 5.69 Å². The summed E-state index contributed by atoms with van der Waals surface area (Å²) in [5, 5.41) is 7.03. The topological polar surface area (TPSA) is 74.6 Å². The first kappa shape index (κ1) is 18.5. The number of nitrogens with one attached hydrogen (secondary N) is 1. The molecule has 1 heterocycles. The molecule has 0 fully saturated rings. The largest absolute Gasteiger partial charge is 0.493 e. The van der Waals surface area contributed by atoms with Crippen molar-refractivity contribution in [2.24, 2.45) is 0 Å². The molecule has 140 valence electrons. The van der Waals surface area contributed by atoms with E-state index in [1.807, 2.05) is 24.4 Å². The fraction of sp³-hybridized carbons (Fsp3) is 0.200. The maximum atomic E-state index is 12.5. The van der Waals surface area contributed by atoms with Crippen LogP contribution in [0.3, 0.4) is 0 Å². The molecule has 0 spiro atoms. The molecule has 0 radical (unpaired) electrons. The standard InChI is InChI=1S/C20H21N3O4/c1-25-12-13-27-19-14-16(6-9-18(19)26-2)22-20(24)15-4-7-17(8-5-15)23-11-3-10-21-23/h3-11,14H,12-13H2,1-2H3,(H,22,24). The molecule has 3 aromatic rings. The highest BCUT2D eigenvalue weighted by molar-refractivity contribution is 6.04. The van der Waals surface area contributed by atoms with Crippen LogP contribution < -0.4 is 14.8 Å². The summed E-state index contributed by atoms with van der Waals surface area (Å²) >= 11 is 0. The number of carbonyl (C=O) groups excluding carboxylic acids is 1. The maximum absolute atomic E-state index is 12.5. The Hall–Kier alpha value is -3.32. The average molecular weight is 367 g/mol. The number of methoxy groups -OCH3 is 2. The summed E-state index contributed by atoms with van der Waals surface area (Å²) in [6, 6.07) is 14.3. The number of rotatable bonds is 8. The number of hydrogen-bond acceptors (Lipinski definition) is 5. The molecule has 0 saturated carbocycles. The van der Waals surface area contributed by atoms with Crippen molar-refractivity contribution in [3.8, 4) is 17.2 Å². The Morgan fingerprint density at radius 3 is 2.56 bits per heavy atom. The summed E-state index contributed by atoms with van der Waals surface area (Å²) in [4.78, 5) is 12.5. The summed E-state index contributed by atoms with van der Waals surface area (Å²) in [5.74, 6) is 0.920. The van der Waals surface area contributed by atoms with Gasteiger partial charge in [-0.25, -0.2) is 4.68 Å². The molecule has 0 aliphatic carbocycles. The zero-order valence-corrected chi connectivity index (χ0v) is 15.2. The number of anilines is 1. The SMILES string of the molecule is COCCOc1cc(NC(=O)c2ccc(-n3cccn3)cc2)ccc1OC. The van der Waals surface area contributed by atoms with E-state index in [1.165, 1.54) is 0 Å². The van der Waals surface area contributed by atoms with Gasteiger partial charge in [-0.05, 0) is 42.5 Å². The second kappa shape index (κ2) is 8.86. The zero-order chi connectivity index (χ0) is 19.1. The summed E-state index contributed by atoms with van der Waals surface area (Å²) < 4.78 is 17.6. The molecule has 0 aliphatic rings. The van der Waals surface area contributed by atoms with Crippen LogP contribution in [0.4, 0.5) is 5.69 Å². The van der Waals surface area contributed by atoms with E-state index >= 15 is 0 Å². The smallest absolute Gasteiger partial charge is 0.255 e. The van der Waals surface area contributed by atoms with E-state index in [0.29, 0.717) is 36.0 Å². The molecule has 0 aliphatic heterocycles. The van der Waals surface area contributed by atoms with Gasteiger partial charge in [0.05, 0.1) is 19.4 Å². The van der Waals surface area contributed by atoms with Crippen LogP contribution in [0.15, 0.2) is 60.9 Å². The van der Waals surface area contributed by atoms with Crippen LogP contribution in [-0.4, -0.2) is 43.1 Å². The van der Waals surface area contributed by atoms with Gasteiger partial charge in [-0.3, -0.25) is 4.79 Å². The van der Waals surface area contributed by atoms with E-state index in [9.17, 15) is 4.79 Å². The third-order valence-electron chi connectivity index (χ3n) is 3.86. The fourth-order valence-corrected chi connectivity index (χ4v) is 2.49. The molecule has 1 N–H and O–H groups in total. The monoisotopic (exact) mass is 367 g/mol. The molecule has 27 heavy (non-hydrogen) atoms. The van der Waals surface area contributed by atoms with Gasteiger partial charge in [-0.2, -0.15) is 5.10 Å². The summed E-state index contributed by atoms with van der Waals surface area (Å²) in [6.45, 7) is 0.849. The van der Waals surface area contributed by atoms with Gasteiger partial charge in [-0.15, -0.1) is 0 Å². The Morgan fingerprint density at radius 2 is 1.89 bits per heavy atom. The van der Waals surface area contributed by atoms with Crippen molar-refractivity contribution in [3.05, 3.63) is 66.5 Å². The molecule has 1 aromatic heterocycles. The third-order valence-corrected chi connectivity index (χ3v) is 3.86. The van der Waals surface area contributed by atoms with E-state index in [1.54, 1.807) is 55.4 Å². The lowest BCUT2D eigenvalue weighted by Crippen LogP contribution is -2.12. The lowest BCUT2D eigenvalue weighted by molar-refractivity contribution is 0.102. The van der Waals surface area contributed by atoms with Crippen LogP contribution >= 0.6 is 0 Å². The average Bonchev–Trinajstić information content (AvgIpc) is 3.23. The molecule has 7 heteroatoms. The van der Waals surface area contributed by atoms with Crippen LogP contribution in [0, 0.1) is 0 Å². The van der Waals surface area contributed by atoms with Crippen molar-refractivity contribution in [3.63, 3.8) is 0 Å². The van der Waals surface area contributed by atoms with Gasteiger partial charge in [0, 0.05) is 36.8 Å². The number of ether oxygens (including phenoxy) is 3. The van der Waals surface area contributed by atoms with Crippen molar-refractivity contribution in [1.29, 1.82) is 0 Å². The first-order valence-electron chi connectivity index (χ1n) is 8.42. The van der Waals surface area contributed by atoms with E-state index in [-0.39, 0.29) is 5.91 Å². The van der Waals surface area contributed by atoms with E-state index < -0.39 is 0 Å². The minimum absolute atomic E-state index is 0.213. The van der Waals surface area contributed by atoms with E-state index in [4.69, 9.17) is 14.2 Å². The van der Waals surface area contributed by atoms with Crippen molar-refractivity contribution in [2.45, 2.75) is 0 Å². The Balaban J connectivity index is 1.70. The summed E-state index contributed by atoms with van der Waals surface area (Å²) in [6.07, 6.45) is 3.55. The quantitative estimate of drug-likeness (QED) is 0.619. The molecular weight excluding hydrogens is 346 g/mol. The maximum Gasteiger partial charge on any atom is 0.255 e. The first-order chi connectivity index (χ1) is 13.2. The molecule has 1 amide bonds. The number of hydrogen-bond donors (Lipinski definition) is 1. The fourth-order valence-electron chi connectivity index (χ4n) is 2.49. The minimum atomic E-state index is -0.213. The van der Waals surface area contributed by atoms with Crippen LogP contribution in [-0.2, 0) is 4.74 Å². The van der Waals surface area contributed by atoms with Crippen LogP contribution in [0.2, 0.25) is 0 Å². The second-order valence-corrected chi connectivity index (χ2v) is 5.66. The Morgan fingerprint density at radius 1 is 1.07 bits per heavy atom. The van der Waals surface area contributed by atoms with E-state index in [2.05, 4.69) is 10.4 Å². The zero-order valence-electron chi connectivity index (χ0n) is 15.2. The van der Waals surface area contributed by atoms with Crippen LogP contribution in [0.5, 0.6) is 11.5 Å². The number of aromatic nitrogens is 2.